The van der Waals surface area contributed by atoms with Gasteiger partial charge in [-0.05, 0) is 42.8 Å². The molecule has 0 fully saturated rings. The second kappa shape index (κ2) is 7.65. The van der Waals surface area contributed by atoms with Crippen LogP contribution in [0.1, 0.15) is 24.9 Å². The number of ether oxygens (including phenoxy) is 1. The lowest BCUT2D eigenvalue weighted by Gasteiger charge is -2.19. The largest absolute Gasteiger partial charge is 0.492 e. The van der Waals surface area contributed by atoms with Crippen molar-refractivity contribution in [1.29, 1.82) is 0 Å². The number of hydrogen-bond acceptors (Lipinski definition) is 2. The predicted molar refractivity (Wildman–Crippen MR) is 79.4 cm³/mol. The lowest BCUT2D eigenvalue weighted by Crippen LogP contribution is -2.27. The highest BCUT2D eigenvalue weighted by molar-refractivity contribution is 5.23. The van der Waals surface area contributed by atoms with Gasteiger partial charge >= 0.3 is 0 Å². The summed E-state index contributed by atoms with van der Waals surface area (Å²) in [7, 11) is 0. The van der Waals surface area contributed by atoms with Gasteiger partial charge in [0.2, 0.25) is 0 Å². The van der Waals surface area contributed by atoms with E-state index in [1.54, 1.807) is 12.1 Å². The van der Waals surface area contributed by atoms with Crippen molar-refractivity contribution >= 4 is 0 Å². The van der Waals surface area contributed by atoms with E-state index < -0.39 is 0 Å². The molecule has 3 heteroatoms. The van der Waals surface area contributed by atoms with Gasteiger partial charge in [-0.3, -0.25) is 0 Å². The Morgan fingerprint density at radius 2 is 1.75 bits per heavy atom. The van der Waals surface area contributed by atoms with E-state index in [2.05, 4.69) is 12.2 Å². The van der Waals surface area contributed by atoms with Crippen molar-refractivity contribution in [2.24, 2.45) is 0 Å². The number of hydrogen-bond donors (Lipinski definition) is 1. The summed E-state index contributed by atoms with van der Waals surface area (Å²) in [6, 6.07) is 16.4. The third-order valence-corrected chi connectivity index (χ3v) is 3.07. The minimum absolute atomic E-state index is 0.0655. The molecular formula is C17H20FNO. The van der Waals surface area contributed by atoms with Gasteiger partial charge in [-0.2, -0.15) is 0 Å². The van der Waals surface area contributed by atoms with Crippen molar-refractivity contribution in [2.45, 2.75) is 19.4 Å². The molecule has 0 radical (unpaired) electrons. The van der Waals surface area contributed by atoms with Crippen molar-refractivity contribution in [2.75, 3.05) is 13.2 Å². The first-order chi connectivity index (χ1) is 9.79. The van der Waals surface area contributed by atoms with Crippen LogP contribution in [0.15, 0.2) is 54.6 Å². The second-order valence-corrected chi connectivity index (χ2v) is 4.68. The molecule has 2 aromatic carbocycles. The van der Waals surface area contributed by atoms with E-state index in [1.807, 2.05) is 30.3 Å². The summed E-state index contributed by atoms with van der Waals surface area (Å²) in [5.74, 6) is 0.630. The maximum Gasteiger partial charge on any atom is 0.123 e. The fourth-order valence-electron chi connectivity index (χ4n) is 1.98. The van der Waals surface area contributed by atoms with Gasteiger partial charge in [-0.25, -0.2) is 4.39 Å². The third-order valence-electron chi connectivity index (χ3n) is 3.07. The van der Waals surface area contributed by atoms with Crippen LogP contribution in [0.3, 0.4) is 0 Å². The summed E-state index contributed by atoms with van der Waals surface area (Å²) in [6.07, 6.45) is 1.04. The van der Waals surface area contributed by atoms with Gasteiger partial charge in [0.15, 0.2) is 0 Å². The summed E-state index contributed by atoms with van der Waals surface area (Å²) >= 11 is 0. The standard InChI is InChI=1S/C17H20FNO/c1-2-12-19-17(14-8-10-15(18)11-9-14)13-20-16-6-4-3-5-7-16/h3-11,17,19H,2,12-13H2,1H3. The van der Waals surface area contributed by atoms with Gasteiger partial charge in [-0.15, -0.1) is 0 Å². The van der Waals surface area contributed by atoms with Gasteiger partial charge in [0, 0.05) is 0 Å². The Hall–Kier alpha value is -1.87. The fraction of sp³-hybridized carbons (Fsp3) is 0.294. The quantitative estimate of drug-likeness (QED) is 0.825. The summed E-state index contributed by atoms with van der Waals surface area (Å²) < 4.78 is 18.8. The monoisotopic (exact) mass is 273 g/mol. The van der Waals surface area contributed by atoms with Crippen molar-refractivity contribution in [1.82, 2.24) is 5.32 Å². The van der Waals surface area contributed by atoms with E-state index in [0.29, 0.717) is 6.61 Å². The molecule has 0 aromatic heterocycles. The minimum atomic E-state index is -0.216. The Kier molecular flexibility index (Phi) is 5.56. The highest BCUT2D eigenvalue weighted by atomic mass is 19.1. The molecule has 0 heterocycles. The van der Waals surface area contributed by atoms with Crippen molar-refractivity contribution < 1.29 is 9.13 Å². The van der Waals surface area contributed by atoms with E-state index in [0.717, 1.165) is 24.3 Å². The Balaban J connectivity index is 2.01. The Morgan fingerprint density at radius 3 is 2.40 bits per heavy atom. The van der Waals surface area contributed by atoms with Crippen LogP contribution in [-0.2, 0) is 0 Å². The number of para-hydroxylation sites is 1. The van der Waals surface area contributed by atoms with E-state index in [-0.39, 0.29) is 11.9 Å². The second-order valence-electron chi connectivity index (χ2n) is 4.68. The lowest BCUT2D eigenvalue weighted by molar-refractivity contribution is 0.266. The SMILES string of the molecule is CCCNC(COc1ccccc1)c1ccc(F)cc1. The fourth-order valence-corrected chi connectivity index (χ4v) is 1.98. The average Bonchev–Trinajstić information content (AvgIpc) is 2.50. The van der Waals surface area contributed by atoms with Gasteiger partial charge in [0.25, 0.3) is 0 Å². The minimum Gasteiger partial charge on any atom is -0.492 e. The van der Waals surface area contributed by atoms with Crippen LogP contribution in [-0.4, -0.2) is 13.2 Å². The van der Waals surface area contributed by atoms with Gasteiger partial charge in [0.1, 0.15) is 18.2 Å². The summed E-state index contributed by atoms with van der Waals surface area (Å²) in [5.41, 5.74) is 1.04. The highest BCUT2D eigenvalue weighted by Gasteiger charge is 2.11. The zero-order valence-electron chi connectivity index (χ0n) is 11.7. The topological polar surface area (TPSA) is 21.3 Å². The Labute approximate surface area is 119 Å². The first-order valence-corrected chi connectivity index (χ1v) is 6.96. The van der Waals surface area contributed by atoms with E-state index in [1.165, 1.54) is 12.1 Å². The molecule has 0 amide bonds. The summed E-state index contributed by atoms with van der Waals surface area (Å²) in [6.45, 7) is 3.54. The first-order valence-electron chi connectivity index (χ1n) is 6.96. The number of benzene rings is 2. The van der Waals surface area contributed by atoms with Crippen molar-refractivity contribution in [3.63, 3.8) is 0 Å². The van der Waals surface area contributed by atoms with Crippen LogP contribution in [0.25, 0.3) is 0 Å². The van der Waals surface area contributed by atoms with E-state index >= 15 is 0 Å². The van der Waals surface area contributed by atoms with Crippen LogP contribution in [0.4, 0.5) is 4.39 Å². The molecule has 2 aromatic rings. The molecular weight excluding hydrogens is 253 g/mol. The van der Waals surface area contributed by atoms with Gasteiger partial charge < -0.3 is 10.1 Å². The molecule has 0 saturated heterocycles. The number of halogens is 1. The van der Waals surface area contributed by atoms with E-state index in [9.17, 15) is 4.39 Å². The molecule has 1 unspecified atom stereocenters. The normalized spacial score (nSPS) is 12.1. The molecule has 20 heavy (non-hydrogen) atoms. The molecule has 2 rings (SSSR count). The van der Waals surface area contributed by atoms with Gasteiger partial charge in [-0.1, -0.05) is 37.3 Å². The molecule has 0 aliphatic carbocycles. The maximum atomic E-state index is 13.0. The van der Waals surface area contributed by atoms with Crippen LogP contribution in [0, 0.1) is 5.82 Å². The number of rotatable bonds is 7. The van der Waals surface area contributed by atoms with Crippen molar-refractivity contribution in [3.05, 3.63) is 66.0 Å². The molecule has 0 aliphatic rings. The first kappa shape index (κ1) is 14.5. The highest BCUT2D eigenvalue weighted by Crippen LogP contribution is 2.17. The average molecular weight is 273 g/mol. The third kappa shape index (κ3) is 4.35. The molecule has 0 bridgehead atoms. The van der Waals surface area contributed by atoms with Crippen LogP contribution in [0.2, 0.25) is 0 Å². The maximum absolute atomic E-state index is 13.0. The molecule has 106 valence electrons. The molecule has 0 aliphatic heterocycles. The lowest BCUT2D eigenvalue weighted by atomic mass is 10.1. The summed E-state index contributed by atoms with van der Waals surface area (Å²) in [5, 5.41) is 3.43. The zero-order chi connectivity index (χ0) is 14.2. The molecule has 1 atom stereocenters. The van der Waals surface area contributed by atoms with E-state index in [4.69, 9.17) is 4.74 Å². The molecule has 2 nitrogen and oxygen atoms in total. The molecule has 0 spiro atoms. The van der Waals surface area contributed by atoms with Gasteiger partial charge in [0.05, 0.1) is 6.04 Å². The summed E-state index contributed by atoms with van der Waals surface area (Å²) in [4.78, 5) is 0. The van der Waals surface area contributed by atoms with Crippen LogP contribution >= 0.6 is 0 Å². The van der Waals surface area contributed by atoms with Crippen LogP contribution < -0.4 is 10.1 Å². The predicted octanol–water partition coefficient (Wildman–Crippen LogP) is 3.95. The number of nitrogens with one attached hydrogen (secondary N) is 1. The molecule has 0 saturated carbocycles. The molecule has 1 N–H and O–H groups in total. The smallest absolute Gasteiger partial charge is 0.123 e. The van der Waals surface area contributed by atoms with Crippen LogP contribution in [0.5, 0.6) is 5.75 Å². The zero-order valence-corrected chi connectivity index (χ0v) is 11.7. The van der Waals surface area contributed by atoms with Crippen molar-refractivity contribution in [3.8, 4) is 5.75 Å². The Morgan fingerprint density at radius 1 is 1.05 bits per heavy atom. The Bertz CT molecular complexity index is 498.